The zero-order chi connectivity index (χ0) is 23.1. The Hall–Kier alpha value is -3.47. The van der Waals surface area contributed by atoms with E-state index in [-0.39, 0.29) is 16.7 Å². The fourth-order valence-electron chi connectivity index (χ4n) is 2.72. The summed E-state index contributed by atoms with van der Waals surface area (Å²) >= 11 is -0.209. The normalized spacial score (nSPS) is 11.0. The maximum Gasteiger partial charge on any atom is 0.446 e. The lowest BCUT2D eigenvalue weighted by Gasteiger charge is -2.11. The van der Waals surface area contributed by atoms with Crippen molar-refractivity contribution in [2.45, 2.75) is 24.3 Å². The number of hydrogen-bond acceptors (Lipinski definition) is 6. The standard InChI is InChI=1S/C21H21F3N6OS/c1-3-25-18-12-19(27-13(2)26-18)28-14-4-6-15(7-5-14)29-20(31)30-16-8-10-17(11-9-16)32-21(22,23)24/h4-12H,3H2,1-2H3,(H2,29,30,31)(H2,25,26,27,28). The van der Waals surface area contributed by atoms with Crippen molar-refractivity contribution in [3.05, 3.63) is 60.4 Å². The van der Waals surface area contributed by atoms with Crippen molar-refractivity contribution in [3.8, 4) is 0 Å². The maximum absolute atomic E-state index is 12.4. The minimum atomic E-state index is -4.35. The molecular weight excluding hydrogens is 441 g/mol. The molecule has 0 radical (unpaired) electrons. The lowest BCUT2D eigenvalue weighted by molar-refractivity contribution is -0.0328. The van der Waals surface area contributed by atoms with Crippen molar-refractivity contribution in [1.82, 2.24) is 9.97 Å². The lowest BCUT2D eigenvalue weighted by Crippen LogP contribution is -2.19. The molecule has 0 saturated heterocycles. The first-order valence-corrected chi connectivity index (χ1v) is 10.4. The second-order valence-corrected chi connectivity index (χ2v) is 7.71. The molecule has 0 aliphatic heterocycles. The molecule has 3 aromatic rings. The molecule has 11 heteroatoms. The van der Waals surface area contributed by atoms with E-state index in [1.54, 1.807) is 37.3 Å². The van der Waals surface area contributed by atoms with Gasteiger partial charge in [0.2, 0.25) is 0 Å². The fraction of sp³-hybridized carbons (Fsp3) is 0.190. The monoisotopic (exact) mass is 462 g/mol. The maximum atomic E-state index is 12.4. The third-order valence-electron chi connectivity index (χ3n) is 3.96. The Morgan fingerprint density at radius 2 is 1.44 bits per heavy atom. The Balaban J connectivity index is 1.56. The largest absolute Gasteiger partial charge is 0.446 e. The summed E-state index contributed by atoms with van der Waals surface area (Å²) in [6.07, 6.45) is 0. The molecule has 1 aromatic heterocycles. The number of hydrogen-bond donors (Lipinski definition) is 4. The number of anilines is 5. The van der Waals surface area contributed by atoms with Crippen LogP contribution in [0.5, 0.6) is 0 Å². The molecule has 0 aliphatic carbocycles. The summed E-state index contributed by atoms with van der Waals surface area (Å²) < 4.78 is 37.1. The Morgan fingerprint density at radius 3 is 2.00 bits per heavy atom. The van der Waals surface area contributed by atoms with Gasteiger partial charge in [-0.3, -0.25) is 0 Å². The molecular formula is C21H21F3N6OS. The molecule has 4 N–H and O–H groups in total. The van der Waals surface area contributed by atoms with Gasteiger partial charge in [0.1, 0.15) is 17.5 Å². The summed E-state index contributed by atoms with van der Waals surface area (Å²) in [5.74, 6) is 1.99. The van der Waals surface area contributed by atoms with E-state index < -0.39 is 11.5 Å². The number of amides is 2. The molecule has 0 aliphatic rings. The SMILES string of the molecule is CCNc1cc(Nc2ccc(NC(=O)Nc3ccc(SC(F)(F)F)cc3)cc2)nc(C)n1. The number of nitrogens with one attached hydrogen (secondary N) is 4. The average molecular weight is 463 g/mol. The molecule has 168 valence electrons. The molecule has 0 spiro atoms. The van der Waals surface area contributed by atoms with E-state index in [1.807, 2.05) is 6.92 Å². The summed E-state index contributed by atoms with van der Waals surface area (Å²) in [5, 5.41) is 11.6. The van der Waals surface area contributed by atoms with Gasteiger partial charge in [-0.1, -0.05) is 0 Å². The number of aryl methyl sites for hydroxylation is 1. The van der Waals surface area contributed by atoms with Crippen LogP contribution in [-0.4, -0.2) is 28.1 Å². The van der Waals surface area contributed by atoms with E-state index >= 15 is 0 Å². The fourth-order valence-corrected chi connectivity index (χ4v) is 3.26. The van der Waals surface area contributed by atoms with E-state index in [9.17, 15) is 18.0 Å². The molecule has 0 saturated carbocycles. The molecule has 3 rings (SSSR count). The van der Waals surface area contributed by atoms with Crippen LogP contribution in [0.15, 0.2) is 59.5 Å². The molecule has 0 fully saturated rings. The predicted molar refractivity (Wildman–Crippen MR) is 122 cm³/mol. The number of urea groups is 1. The molecule has 32 heavy (non-hydrogen) atoms. The van der Waals surface area contributed by atoms with Gasteiger partial charge in [0.15, 0.2) is 0 Å². The van der Waals surface area contributed by atoms with Crippen molar-refractivity contribution in [3.63, 3.8) is 0 Å². The van der Waals surface area contributed by atoms with E-state index in [0.717, 1.165) is 18.1 Å². The summed E-state index contributed by atoms with van der Waals surface area (Å²) in [5.41, 5.74) is -2.66. The van der Waals surface area contributed by atoms with Gasteiger partial charge in [-0.2, -0.15) is 13.2 Å². The lowest BCUT2D eigenvalue weighted by atomic mass is 10.2. The number of nitrogens with zero attached hydrogens (tertiary/aromatic N) is 2. The van der Waals surface area contributed by atoms with Gasteiger partial charge < -0.3 is 21.3 Å². The number of rotatable bonds is 7. The van der Waals surface area contributed by atoms with Crippen molar-refractivity contribution in [2.24, 2.45) is 0 Å². The first-order chi connectivity index (χ1) is 15.2. The highest BCUT2D eigenvalue weighted by Gasteiger charge is 2.29. The highest BCUT2D eigenvalue weighted by atomic mass is 32.2. The van der Waals surface area contributed by atoms with Crippen LogP contribution < -0.4 is 21.3 Å². The Bertz CT molecular complexity index is 1060. The van der Waals surface area contributed by atoms with Crippen LogP contribution in [-0.2, 0) is 0 Å². The molecule has 7 nitrogen and oxygen atoms in total. The van der Waals surface area contributed by atoms with E-state index in [4.69, 9.17) is 0 Å². The Labute approximate surface area is 187 Å². The van der Waals surface area contributed by atoms with Crippen LogP contribution in [0.25, 0.3) is 0 Å². The van der Waals surface area contributed by atoms with Gasteiger partial charge in [0.05, 0.1) is 0 Å². The molecule has 0 atom stereocenters. The molecule has 1 heterocycles. The Kier molecular flexibility index (Phi) is 7.41. The first-order valence-electron chi connectivity index (χ1n) is 9.60. The van der Waals surface area contributed by atoms with Gasteiger partial charge in [-0.25, -0.2) is 14.8 Å². The van der Waals surface area contributed by atoms with Gasteiger partial charge in [-0.05, 0) is 74.1 Å². The summed E-state index contributed by atoms with van der Waals surface area (Å²) in [6, 6.07) is 13.7. The number of alkyl halides is 3. The minimum absolute atomic E-state index is 0.0445. The molecule has 0 unspecified atom stereocenters. The number of carbonyl (C=O) groups excluding carboxylic acids is 1. The number of benzene rings is 2. The third-order valence-corrected chi connectivity index (χ3v) is 4.70. The highest BCUT2D eigenvalue weighted by molar-refractivity contribution is 8.00. The number of carbonyl (C=O) groups is 1. The van der Waals surface area contributed by atoms with Crippen LogP contribution in [0, 0.1) is 6.92 Å². The number of aromatic nitrogens is 2. The zero-order valence-corrected chi connectivity index (χ0v) is 18.1. The minimum Gasteiger partial charge on any atom is -0.370 e. The van der Waals surface area contributed by atoms with Crippen LogP contribution in [0.1, 0.15) is 12.7 Å². The van der Waals surface area contributed by atoms with Crippen molar-refractivity contribution < 1.29 is 18.0 Å². The predicted octanol–water partition coefficient (Wildman–Crippen LogP) is 6.22. The summed E-state index contributed by atoms with van der Waals surface area (Å²) in [6.45, 7) is 4.53. The van der Waals surface area contributed by atoms with Crippen LogP contribution in [0.4, 0.5) is 46.7 Å². The Morgan fingerprint density at radius 1 is 0.906 bits per heavy atom. The van der Waals surface area contributed by atoms with Crippen molar-refractivity contribution in [1.29, 1.82) is 0 Å². The molecule has 2 aromatic carbocycles. The van der Waals surface area contributed by atoms with Crippen molar-refractivity contribution >= 4 is 46.5 Å². The zero-order valence-electron chi connectivity index (χ0n) is 17.2. The van der Waals surface area contributed by atoms with Crippen LogP contribution in [0.3, 0.4) is 0 Å². The van der Waals surface area contributed by atoms with Crippen molar-refractivity contribution in [2.75, 3.05) is 27.8 Å². The third kappa shape index (κ3) is 7.34. The number of halogens is 3. The van der Waals surface area contributed by atoms with Gasteiger partial charge in [0.25, 0.3) is 0 Å². The molecule has 0 bridgehead atoms. The second kappa shape index (κ2) is 10.2. The highest BCUT2D eigenvalue weighted by Crippen LogP contribution is 2.37. The quantitative estimate of drug-likeness (QED) is 0.312. The number of thioether (sulfide) groups is 1. The van der Waals surface area contributed by atoms with Crippen LogP contribution in [0.2, 0.25) is 0 Å². The first kappa shape index (κ1) is 23.2. The summed E-state index contributed by atoms with van der Waals surface area (Å²) in [4.78, 5) is 20.9. The molecule has 2 amide bonds. The second-order valence-electron chi connectivity index (χ2n) is 6.57. The van der Waals surface area contributed by atoms with Gasteiger partial charge >= 0.3 is 11.5 Å². The van der Waals surface area contributed by atoms with Gasteiger partial charge in [-0.15, -0.1) is 0 Å². The average Bonchev–Trinajstić information content (AvgIpc) is 2.70. The van der Waals surface area contributed by atoms with E-state index in [2.05, 4.69) is 31.2 Å². The summed E-state index contributed by atoms with van der Waals surface area (Å²) in [7, 11) is 0. The van der Waals surface area contributed by atoms with E-state index in [0.29, 0.717) is 23.0 Å². The topological polar surface area (TPSA) is 91.0 Å². The smallest absolute Gasteiger partial charge is 0.370 e. The van der Waals surface area contributed by atoms with Crippen LogP contribution >= 0.6 is 11.8 Å². The van der Waals surface area contributed by atoms with E-state index in [1.165, 1.54) is 24.3 Å². The van der Waals surface area contributed by atoms with Gasteiger partial charge in [0, 0.05) is 34.6 Å².